The van der Waals surface area contributed by atoms with Gasteiger partial charge in [0.25, 0.3) is 0 Å². The summed E-state index contributed by atoms with van der Waals surface area (Å²) < 4.78 is 5.32. The summed E-state index contributed by atoms with van der Waals surface area (Å²) in [4.78, 5) is 4.10. The number of aromatic nitrogens is 1. The lowest BCUT2D eigenvalue weighted by molar-refractivity contribution is 0.588. The van der Waals surface area contributed by atoms with Crippen LogP contribution in [0.1, 0.15) is 18.4 Å². The first-order chi connectivity index (χ1) is 6.30. The zero-order valence-corrected chi connectivity index (χ0v) is 7.16. The molecule has 0 unspecified atom stereocenters. The quantitative estimate of drug-likeness (QED) is 0.716. The zero-order valence-electron chi connectivity index (χ0n) is 7.16. The van der Waals surface area contributed by atoms with Gasteiger partial charge in [-0.15, -0.1) is 0 Å². The molecule has 0 aliphatic heterocycles. The molecule has 1 aliphatic carbocycles. The van der Waals surface area contributed by atoms with E-state index in [0.717, 1.165) is 29.5 Å². The van der Waals surface area contributed by atoms with Crippen LogP contribution in [0.15, 0.2) is 29.0 Å². The van der Waals surface area contributed by atoms with Crippen LogP contribution in [0.5, 0.6) is 0 Å². The van der Waals surface area contributed by atoms with Crippen molar-refractivity contribution in [3.05, 3.63) is 30.2 Å². The van der Waals surface area contributed by atoms with Crippen molar-refractivity contribution >= 4 is 11.1 Å². The van der Waals surface area contributed by atoms with Crippen molar-refractivity contribution in [1.29, 1.82) is 0 Å². The van der Waals surface area contributed by atoms with Crippen LogP contribution in [-0.4, -0.2) is 4.98 Å². The minimum atomic E-state index is -0.140. The summed E-state index contributed by atoms with van der Waals surface area (Å²) in [6.07, 6.45) is 3.57. The number of rotatable bonds is 1. The van der Waals surface area contributed by atoms with Crippen molar-refractivity contribution in [1.82, 2.24) is 4.98 Å². The van der Waals surface area contributed by atoms with Crippen molar-refractivity contribution in [3.8, 4) is 0 Å². The van der Waals surface area contributed by atoms with E-state index >= 15 is 0 Å². The molecule has 1 aliphatic rings. The molecule has 1 fully saturated rings. The SMILES string of the molecule is NC1(c2cccc3ncoc23)CC1. The highest BCUT2D eigenvalue weighted by molar-refractivity contribution is 5.77. The maximum absolute atomic E-state index is 6.11. The number of fused-ring (bicyclic) bond motifs is 1. The normalized spacial score (nSPS) is 19.2. The number of hydrogen-bond acceptors (Lipinski definition) is 3. The molecular weight excluding hydrogens is 164 g/mol. The molecule has 3 heteroatoms. The van der Waals surface area contributed by atoms with E-state index in [4.69, 9.17) is 10.2 Å². The minimum Gasteiger partial charge on any atom is -0.443 e. The molecule has 1 aromatic carbocycles. The zero-order chi connectivity index (χ0) is 8.89. The second-order valence-corrected chi connectivity index (χ2v) is 3.66. The van der Waals surface area contributed by atoms with Crippen molar-refractivity contribution < 1.29 is 4.42 Å². The van der Waals surface area contributed by atoms with E-state index in [-0.39, 0.29) is 5.54 Å². The third-order valence-electron chi connectivity index (χ3n) is 2.68. The summed E-state index contributed by atoms with van der Waals surface area (Å²) in [6, 6.07) is 5.95. The van der Waals surface area contributed by atoms with Crippen molar-refractivity contribution in [2.24, 2.45) is 5.73 Å². The predicted molar refractivity (Wildman–Crippen MR) is 49.1 cm³/mol. The van der Waals surface area contributed by atoms with Crippen LogP contribution in [0.3, 0.4) is 0 Å². The van der Waals surface area contributed by atoms with Crippen molar-refractivity contribution in [2.45, 2.75) is 18.4 Å². The van der Waals surface area contributed by atoms with Gasteiger partial charge in [-0.25, -0.2) is 4.98 Å². The van der Waals surface area contributed by atoms with Crippen molar-refractivity contribution in [2.75, 3.05) is 0 Å². The topological polar surface area (TPSA) is 52.0 Å². The first-order valence-corrected chi connectivity index (χ1v) is 4.41. The van der Waals surface area contributed by atoms with E-state index in [2.05, 4.69) is 4.98 Å². The Labute approximate surface area is 75.6 Å². The van der Waals surface area contributed by atoms with E-state index in [1.54, 1.807) is 0 Å². The van der Waals surface area contributed by atoms with Gasteiger partial charge in [0.2, 0.25) is 0 Å². The largest absolute Gasteiger partial charge is 0.443 e. The van der Waals surface area contributed by atoms with Crippen LogP contribution >= 0.6 is 0 Å². The van der Waals surface area contributed by atoms with Gasteiger partial charge in [-0.1, -0.05) is 12.1 Å². The molecule has 0 saturated heterocycles. The van der Waals surface area contributed by atoms with Crippen molar-refractivity contribution in [3.63, 3.8) is 0 Å². The average molecular weight is 174 g/mol. The Balaban J connectivity index is 2.33. The van der Waals surface area contributed by atoms with Gasteiger partial charge in [0.1, 0.15) is 5.52 Å². The smallest absolute Gasteiger partial charge is 0.181 e. The average Bonchev–Trinajstić information content (AvgIpc) is 2.72. The maximum atomic E-state index is 6.11. The van der Waals surface area contributed by atoms with E-state index in [1.807, 2.05) is 18.2 Å². The molecule has 1 heterocycles. The standard InChI is InChI=1S/C10H10N2O/c11-10(4-5-10)7-2-1-3-8-9(7)13-6-12-8/h1-3,6H,4-5,11H2. The van der Waals surface area contributed by atoms with Crippen LogP contribution < -0.4 is 5.73 Å². The summed E-state index contributed by atoms with van der Waals surface area (Å²) in [6.45, 7) is 0. The highest BCUT2D eigenvalue weighted by Crippen LogP contribution is 2.45. The third kappa shape index (κ3) is 0.906. The molecule has 0 amide bonds. The highest BCUT2D eigenvalue weighted by atomic mass is 16.3. The maximum Gasteiger partial charge on any atom is 0.181 e. The number of para-hydroxylation sites is 1. The Kier molecular flexibility index (Phi) is 1.15. The van der Waals surface area contributed by atoms with Gasteiger partial charge < -0.3 is 10.2 Å². The second kappa shape index (κ2) is 2.12. The molecule has 1 saturated carbocycles. The van der Waals surface area contributed by atoms with Crippen LogP contribution in [-0.2, 0) is 5.54 Å². The van der Waals surface area contributed by atoms with Gasteiger partial charge in [0.05, 0.1) is 0 Å². The highest BCUT2D eigenvalue weighted by Gasteiger charge is 2.42. The van der Waals surface area contributed by atoms with E-state index in [9.17, 15) is 0 Å². The van der Waals surface area contributed by atoms with Gasteiger partial charge in [0.15, 0.2) is 12.0 Å². The molecule has 3 nitrogen and oxygen atoms in total. The number of benzene rings is 1. The van der Waals surface area contributed by atoms with Gasteiger partial charge in [-0.05, 0) is 18.9 Å². The van der Waals surface area contributed by atoms with Crippen LogP contribution in [0.4, 0.5) is 0 Å². The Bertz CT molecular complexity index is 457. The van der Waals surface area contributed by atoms with E-state index < -0.39 is 0 Å². The fraction of sp³-hybridized carbons (Fsp3) is 0.300. The van der Waals surface area contributed by atoms with Gasteiger partial charge >= 0.3 is 0 Å². The fourth-order valence-corrected chi connectivity index (χ4v) is 1.68. The van der Waals surface area contributed by atoms with Gasteiger partial charge in [0, 0.05) is 11.1 Å². The van der Waals surface area contributed by atoms with Gasteiger partial charge in [-0.3, -0.25) is 0 Å². The number of nitrogens with two attached hydrogens (primary N) is 1. The van der Waals surface area contributed by atoms with Crippen LogP contribution in [0.2, 0.25) is 0 Å². The Morgan fingerprint density at radius 2 is 2.23 bits per heavy atom. The van der Waals surface area contributed by atoms with E-state index in [0.29, 0.717) is 0 Å². The lowest BCUT2D eigenvalue weighted by atomic mass is 10.1. The molecule has 0 bridgehead atoms. The summed E-state index contributed by atoms with van der Waals surface area (Å²) >= 11 is 0. The summed E-state index contributed by atoms with van der Waals surface area (Å²) in [5, 5.41) is 0. The Morgan fingerprint density at radius 1 is 1.38 bits per heavy atom. The molecule has 2 aromatic rings. The molecule has 0 spiro atoms. The molecule has 3 rings (SSSR count). The lowest BCUT2D eigenvalue weighted by Crippen LogP contribution is -2.18. The monoisotopic (exact) mass is 174 g/mol. The number of oxazole rings is 1. The molecule has 0 radical (unpaired) electrons. The number of hydrogen-bond donors (Lipinski definition) is 1. The Morgan fingerprint density at radius 3 is 3.00 bits per heavy atom. The van der Waals surface area contributed by atoms with Gasteiger partial charge in [-0.2, -0.15) is 0 Å². The minimum absolute atomic E-state index is 0.140. The lowest BCUT2D eigenvalue weighted by Gasteiger charge is -2.07. The van der Waals surface area contributed by atoms with Crippen LogP contribution in [0.25, 0.3) is 11.1 Å². The molecular formula is C10H10N2O. The van der Waals surface area contributed by atoms with E-state index in [1.165, 1.54) is 6.39 Å². The second-order valence-electron chi connectivity index (χ2n) is 3.66. The number of nitrogens with zero attached hydrogens (tertiary/aromatic N) is 1. The summed E-state index contributed by atoms with van der Waals surface area (Å²) in [5.74, 6) is 0. The van der Waals surface area contributed by atoms with Crippen LogP contribution in [0, 0.1) is 0 Å². The summed E-state index contributed by atoms with van der Waals surface area (Å²) in [7, 11) is 0. The Hall–Kier alpha value is -1.35. The summed E-state index contributed by atoms with van der Waals surface area (Å²) in [5.41, 5.74) is 8.81. The molecule has 0 atom stereocenters. The predicted octanol–water partition coefficient (Wildman–Crippen LogP) is 1.78. The molecule has 1 aromatic heterocycles. The molecule has 2 N–H and O–H groups in total. The first-order valence-electron chi connectivity index (χ1n) is 4.41. The third-order valence-corrected chi connectivity index (χ3v) is 2.68. The molecule has 66 valence electrons. The fourth-order valence-electron chi connectivity index (χ4n) is 1.68. The molecule has 13 heavy (non-hydrogen) atoms. The first kappa shape index (κ1) is 7.09.